The summed E-state index contributed by atoms with van der Waals surface area (Å²) in [6.45, 7) is 3.73. The van der Waals surface area contributed by atoms with Crippen molar-refractivity contribution in [2.45, 2.75) is 70.5 Å². The Hall–Kier alpha value is -1.68. The van der Waals surface area contributed by atoms with E-state index in [-0.39, 0.29) is 11.8 Å². The van der Waals surface area contributed by atoms with Crippen LogP contribution in [0.3, 0.4) is 0 Å². The van der Waals surface area contributed by atoms with Crippen LogP contribution in [0.15, 0.2) is 24.3 Å². The van der Waals surface area contributed by atoms with Crippen LogP contribution in [0.1, 0.15) is 68.3 Å². The zero-order valence-electron chi connectivity index (χ0n) is 15.7. The highest BCUT2D eigenvalue weighted by Crippen LogP contribution is 2.62. The van der Waals surface area contributed by atoms with Gasteiger partial charge in [-0.3, -0.25) is 9.59 Å². The molecule has 4 aliphatic carbocycles. The Morgan fingerprint density at radius 3 is 2.31 bits per heavy atom. The van der Waals surface area contributed by atoms with E-state index in [0.29, 0.717) is 23.8 Å². The van der Waals surface area contributed by atoms with Crippen LogP contribution in [-0.4, -0.2) is 28.6 Å². The zero-order valence-corrected chi connectivity index (χ0v) is 15.7. The highest BCUT2D eigenvalue weighted by molar-refractivity contribution is 6.00. The molecule has 0 aromatic heterocycles. The van der Waals surface area contributed by atoms with Crippen LogP contribution >= 0.6 is 0 Å². The Bertz CT molecular complexity index is 706. The second-order valence-corrected chi connectivity index (χ2v) is 8.93. The fourth-order valence-corrected chi connectivity index (χ4v) is 5.93. The van der Waals surface area contributed by atoms with Gasteiger partial charge < -0.3 is 9.84 Å². The Labute approximate surface area is 154 Å². The standard InChI is InChI=1S/C22H28O4/c1-3-15-4-6-18(7-5-15)19(23)14(2)26-20(24)21-9-16-8-17(10-21)12-22(25,11-16)13-21/h4-7,14,16-17,25H,3,8-13H2,1-2H3. The van der Waals surface area contributed by atoms with E-state index in [1.165, 1.54) is 5.56 Å². The lowest BCUT2D eigenvalue weighted by atomic mass is 9.48. The summed E-state index contributed by atoms with van der Waals surface area (Å²) in [7, 11) is 0. The quantitative estimate of drug-likeness (QED) is 0.645. The first kappa shape index (κ1) is 17.7. The maximum atomic E-state index is 13.0. The van der Waals surface area contributed by atoms with E-state index in [1.807, 2.05) is 12.1 Å². The van der Waals surface area contributed by atoms with Gasteiger partial charge in [0, 0.05) is 5.56 Å². The average Bonchev–Trinajstić information content (AvgIpc) is 2.59. The molecule has 140 valence electrons. The summed E-state index contributed by atoms with van der Waals surface area (Å²) < 4.78 is 5.65. The molecule has 4 bridgehead atoms. The van der Waals surface area contributed by atoms with Crippen LogP contribution in [0, 0.1) is 17.3 Å². The molecule has 0 heterocycles. The van der Waals surface area contributed by atoms with Crippen LogP contribution < -0.4 is 0 Å². The monoisotopic (exact) mass is 356 g/mol. The number of hydrogen-bond donors (Lipinski definition) is 1. The number of rotatable bonds is 5. The van der Waals surface area contributed by atoms with Gasteiger partial charge in [0.1, 0.15) is 0 Å². The van der Waals surface area contributed by atoms with E-state index in [1.54, 1.807) is 19.1 Å². The van der Waals surface area contributed by atoms with Crippen LogP contribution in [0.2, 0.25) is 0 Å². The average molecular weight is 356 g/mol. The molecule has 26 heavy (non-hydrogen) atoms. The maximum absolute atomic E-state index is 13.0. The molecule has 0 radical (unpaired) electrons. The molecule has 4 aliphatic rings. The molecular formula is C22H28O4. The largest absolute Gasteiger partial charge is 0.454 e. The third kappa shape index (κ3) is 2.98. The van der Waals surface area contributed by atoms with Gasteiger partial charge in [-0.15, -0.1) is 0 Å². The van der Waals surface area contributed by atoms with Crippen molar-refractivity contribution in [1.82, 2.24) is 0 Å². The van der Waals surface area contributed by atoms with E-state index < -0.39 is 17.1 Å². The number of esters is 1. The van der Waals surface area contributed by atoms with Crippen LogP contribution in [0.25, 0.3) is 0 Å². The molecule has 5 rings (SSSR count). The summed E-state index contributed by atoms with van der Waals surface area (Å²) in [6, 6.07) is 7.49. The number of carbonyl (C=O) groups is 2. The molecule has 0 amide bonds. The third-order valence-corrected chi connectivity index (χ3v) is 6.76. The van der Waals surface area contributed by atoms with Crippen molar-refractivity contribution in [3.05, 3.63) is 35.4 Å². The predicted molar refractivity (Wildman–Crippen MR) is 97.8 cm³/mol. The number of Topliss-reactive ketones (excluding diaryl/α,β-unsaturated/α-hetero) is 1. The number of ketones is 1. The third-order valence-electron chi connectivity index (χ3n) is 6.76. The number of carbonyl (C=O) groups excluding carboxylic acids is 2. The van der Waals surface area contributed by atoms with Gasteiger partial charge in [-0.05, 0) is 69.3 Å². The molecule has 1 N–H and O–H groups in total. The van der Waals surface area contributed by atoms with Gasteiger partial charge in [0.25, 0.3) is 0 Å². The Kier molecular flexibility index (Phi) is 4.22. The number of ether oxygens (including phenoxy) is 1. The summed E-state index contributed by atoms with van der Waals surface area (Å²) >= 11 is 0. The molecule has 4 saturated carbocycles. The first-order valence-electron chi connectivity index (χ1n) is 9.89. The van der Waals surface area contributed by atoms with Gasteiger partial charge in [0.15, 0.2) is 6.10 Å². The Morgan fingerprint density at radius 1 is 1.15 bits per heavy atom. The van der Waals surface area contributed by atoms with Crippen molar-refractivity contribution in [2.75, 3.05) is 0 Å². The second-order valence-electron chi connectivity index (χ2n) is 8.93. The summed E-state index contributed by atoms with van der Waals surface area (Å²) in [5.74, 6) is 0.392. The smallest absolute Gasteiger partial charge is 0.312 e. The minimum Gasteiger partial charge on any atom is -0.454 e. The van der Waals surface area contributed by atoms with E-state index in [9.17, 15) is 14.7 Å². The fourth-order valence-electron chi connectivity index (χ4n) is 5.93. The van der Waals surface area contributed by atoms with Crippen molar-refractivity contribution in [1.29, 1.82) is 0 Å². The summed E-state index contributed by atoms with van der Waals surface area (Å²) in [6.07, 6.45) is 4.99. The highest BCUT2D eigenvalue weighted by atomic mass is 16.5. The van der Waals surface area contributed by atoms with E-state index in [0.717, 1.165) is 38.5 Å². The topological polar surface area (TPSA) is 63.6 Å². The number of benzene rings is 1. The molecule has 0 aliphatic heterocycles. The van der Waals surface area contributed by atoms with Gasteiger partial charge >= 0.3 is 5.97 Å². The first-order chi connectivity index (χ1) is 12.3. The molecule has 3 atom stereocenters. The summed E-state index contributed by atoms with van der Waals surface area (Å²) in [4.78, 5) is 25.6. The minimum absolute atomic E-state index is 0.163. The summed E-state index contributed by atoms with van der Waals surface area (Å²) in [5, 5.41) is 10.8. The van der Waals surface area contributed by atoms with Gasteiger partial charge in [-0.1, -0.05) is 31.2 Å². The van der Waals surface area contributed by atoms with E-state index >= 15 is 0 Å². The van der Waals surface area contributed by atoms with E-state index in [4.69, 9.17) is 4.74 Å². The van der Waals surface area contributed by atoms with Crippen LogP contribution in [0.4, 0.5) is 0 Å². The van der Waals surface area contributed by atoms with Crippen molar-refractivity contribution in [3.8, 4) is 0 Å². The summed E-state index contributed by atoms with van der Waals surface area (Å²) in [5.41, 5.74) is 0.464. The second kappa shape index (κ2) is 6.19. The molecule has 3 unspecified atom stereocenters. The normalized spacial score (nSPS) is 36.0. The number of hydrogen-bond acceptors (Lipinski definition) is 4. The van der Waals surface area contributed by atoms with Gasteiger partial charge in [-0.2, -0.15) is 0 Å². The minimum atomic E-state index is -0.794. The maximum Gasteiger partial charge on any atom is 0.312 e. The SMILES string of the molecule is CCc1ccc(C(=O)C(C)OC(=O)C23CC4CC(CC(O)(C4)C2)C3)cc1. The van der Waals surface area contributed by atoms with Crippen LogP contribution in [0.5, 0.6) is 0 Å². The molecule has 1 aromatic rings. The van der Waals surface area contributed by atoms with Gasteiger partial charge in [0.05, 0.1) is 11.0 Å². The van der Waals surface area contributed by atoms with Crippen molar-refractivity contribution < 1.29 is 19.4 Å². The highest BCUT2D eigenvalue weighted by Gasteiger charge is 2.61. The van der Waals surface area contributed by atoms with Gasteiger partial charge in [0.2, 0.25) is 5.78 Å². The predicted octanol–water partition coefficient (Wildman–Crippen LogP) is 3.69. The van der Waals surface area contributed by atoms with Crippen molar-refractivity contribution in [3.63, 3.8) is 0 Å². The Balaban J connectivity index is 1.46. The lowest BCUT2D eigenvalue weighted by molar-refractivity contribution is -0.197. The lowest BCUT2D eigenvalue weighted by Crippen LogP contribution is -2.58. The van der Waals surface area contributed by atoms with Crippen molar-refractivity contribution >= 4 is 11.8 Å². The van der Waals surface area contributed by atoms with Gasteiger partial charge in [-0.25, -0.2) is 0 Å². The molecule has 4 heteroatoms. The molecular weight excluding hydrogens is 328 g/mol. The molecule has 0 saturated heterocycles. The van der Waals surface area contributed by atoms with Crippen molar-refractivity contribution in [2.24, 2.45) is 17.3 Å². The van der Waals surface area contributed by atoms with Crippen LogP contribution in [-0.2, 0) is 16.0 Å². The first-order valence-corrected chi connectivity index (χ1v) is 9.89. The molecule has 0 spiro atoms. The molecule has 1 aromatic carbocycles. The molecule has 4 nitrogen and oxygen atoms in total. The molecule has 4 fully saturated rings. The lowest BCUT2D eigenvalue weighted by Gasteiger charge is -2.58. The fraction of sp³-hybridized carbons (Fsp3) is 0.636. The van der Waals surface area contributed by atoms with E-state index in [2.05, 4.69) is 6.92 Å². The zero-order chi connectivity index (χ0) is 18.5. The number of aliphatic hydroxyl groups is 1. The number of aryl methyl sites for hydroxylation is 1. The Morgan fingerprint density at radius 2 is 1.77 bits per heavy atom.